The molecule has 3 fully saturated rings. The molecule has 0 spiro atoms. The fraction of sp³-hybridized carbons (Fsp3) is 0.468. The van der Waals surface area contributed by atoms with Crippen LogP contribution in [0.3, 0.4) is 0 Å². The lowest BCUT2D eigenvalue weighted by Gasteiger charge is -2.57. The zero-order chi connectivity index (χ0) is 39.9. The summed E-state index contributed by atoms with van der Waals surface area (Å²) in [5.41, 5.74) is 1.79. The van der Waals surface area contributed by atoms with E-state index in [9.17, 15) is 4.79 Å². The maximum atomic E-state index is 13.0. The molecule has 0 radical (unpaired) electrons. The molecule has 0 saturated carbocycles. The van der Waals surface area contributed by atoms with Crippen molar-refractivity contribution < 1.29 is 42.1 Å². The molecule has 3 aliphatic heterocycles. The zero-order valence-corrected chi connectivity index (χ0v) is 34.8. The minimum atomic E-state index is -2.35. The third-order valence-electron chi connectivity index (χ3n) is 11.5. The summed E-state index contributed by atoms with van der Waals surface area (Å²) in [6.45, 7) is 14.2. The monoisotopic (exact) mass is 794 g/mol. The zero-order valence-electron chi connectivity index (χ0n) is 33.8. The first-order chi connectivity index (χ1) is 27.5. The van der Waals surface area contributed by atoms with Crippen LogP contribution in [0.2, 0.25) is 13.1 Å². The van der Waals surface area contributed by atoms with Gasteiger partial charge in [0.05, 0.1) is 69.2 Å². The molecule has 9 atom stereocenters. The second-order valence-corrected chi connectivity index (χ2v) is 19.9. The Hall–Kier alpha value is -3.55. The van der Waals surface area contributed by atoms with Crippen molar-refractivity contribution in [2.75, 3.05) is 13.2 Å². The molecule has 7 rings (SSSR count). The molecule has 0 amide bonds. The molecule has 0 aromatic heterocycles. The van der Waals surface area contributed by atoms with Crippen LogP contribution in [0.25, 0.3) is 10.8 Å². The van der Waals surface area contributed by atoms with E-state index >= 15 is 0 Å². The van der Waals surface area contributed by atoms with Gasteiger partial charge in [-0.05, 0) is 66.9 Å². The standard InChI is InChI=1S/C47H58O9Si/c1-6-23-46(2)44(27-45-47(3,56-46)33-52-57(4,5)55-45)53-39(28-48)25-42-40(51-31-36-21-22-37-19-13-14-20-38(37)24-36)26-41(50-30-35-17-11-8-12-18-35)43(54-42)32-49-29-34-15-9-7-10-16-34/h6-22,24,28,39-45H,1,23,25-27,29-33H2,2-5H3/t39?,40-,41+,42+,43-,44+,45-,46-,47+/m0/s1. The predicted octanol–water partition coefficient (Wildman–Crippen LogP) is 8.66. The molecule has 3 heterocycles. The molecule has 3 aliphatic rings. The molecule has 1 unspecified atom stereocenters. The van der Waals surface area contributed by atoms with Gasteiger partial charge in [0.1, 0.15) is 24.1 Å². The van der Waals surface area contributed by atoms with Gasteiger partial charge in [-0.25, -0.2) is 0 Å². The maximum absolute atomic E-state index is 13.0. The van der Waals surface area contributed by atoms with E-state index in [2.05, 4.69) is 49.0 Å². The van der Waals surface area contributed by atoms with E-state index in [0.29, 0.717) is 52.3 Å². The normalized spacial score (nSPS) is 30.3. The molecule has 4 aromatic rings. The van der Waals surface area contributed by atoms with Crippen LogP contribution in [-0.4, -0.2) is 82.0 Å². The highest BCUT2D eigenvalue weighted by molar-refractivity contribution is 6.64. The number of hydrogen-bond acceptors (Lipinski definition) is 9. The summed E-state index contributed by atoms with van der Waals surface area (Å²) in [4.78, 5) is 13.0. The molecule has 0 N–H and O–H groups in total. The van der Waals surface area contributed by atoms with E-state index in [-0.39, 0.29) is 18.6 Å². The van der Waals surface area contributed by atoms with Crippen LogP contribution in [0.15, 0.2) is 116 Å². The summed E-state index contributed by atoms with van der Waals surface area (Å²) in [6, 6.07) is 34.9. The van der Waals surface area contributed by atoms with Crippen LogP contribution < -0.4 is 0 Å². The Morgan fingerprint density at radius 1 is 0.807 bits per heavy atom. The number of ether oxygens (including phenoxy) is 6. The quantitative estimate of drug-likeness (QED) is 0.0592. The van der Waals surface area contributed by atoms with Crippen LogP contribution in [-0.2, 0) is 61.9 Å². The van der Waals surface area contributed by atoms with Gasteiger partial charge in [-0.15, -0.1) is 6.58 Å². The lowest BCUT2D eigenvalue weighted by Crippen LogP contribution is -2.68. The van der Waals surface area contributed by atoms with Crippen molar-refractivity contribution in [1.29, 1.82) is 0 Å². The molecule has 9 nitrogen and oxygen atoms in total. The first-order valence-corrected chi connectivity index (χ1v) is 23.1. The Bertz CT molecular complexity index is 1910. The molecule has 0 aliphatic carbocycles. The summed E-state index contributed by atoms with van der Waals surface area (Å²) in [7, 11) is -2.35. The Labute approximate surface area is 338 Å². The predicted molar refractivity (Wildman–Crippen MR) is 222 cm³/mol. The minimum Gasteiger partial charge on any atom is -0.391 e. The largest absolute Gasteiger partial charge is 0.391 e. The van der Waals surface area contributed by atoms with E-state index in [0.717, 1.165) is 28.4 Å². The van der Waals surface area contributed by atoms with Gasteiger partial charge < -0.3 is 42.1 Å². The van der Waals surface area contributed by atoms with E-state index in [1.54, 1.807) is 0 Å². The Kier molecular flexibility index (Phi) is 13.6. The SMILES string of the molecule is C=CC[C@]1(C)O[C@]2(C)CO[Si](C)(C)O[C@H]2C[C@H]1OC(C=O)C[C@H]1O[C@@H](COCc2ccccc2)[C@H](OCc2ccccc2)C[C@@H]1OCc1ccc2ccccc2c1. The van der Waals surface area contributed by atoms with Gasteiger partial charge in [-0.3, -0.25) is 0 Å². The van der Waals surface area contributed by atoms with Crippen molar-refractivity contribution in [2.24, 2.45) is 0 Å². The van der Waals surface area contributed by atoms with Gasteiger partial charge in [0, 0.05) is 19.3 Å². The van der Waals surface area contributed by atoms with Crippen LogP contribution >= 0.6 is 0 Å². The van der Waals surface area contributed by atoms with Crippen molar-refractivity contribution in [1.82, 2.24) is 0 Å². The minimum absolute atomic E-state index is 0.235. The van der Waals surface area contributed by atoms with E-state index < -0.39 is 50.3 Å². The summed E-state index contributed by atoms with van der Waals surface area (Å²) in [6.07, 6.45) is 1.53. The second kappa shape index (κ2) is 18.6. The second-order valence-electron chi connectivity index (χ2n) is 16.6. The number of hydrogen-bond donors (Lipinski definition) is 0. The smallest absolute Gasteiger partial charge is 0.332 e. The van der Waals surface area contributed by atoms with Crippen LogP contribution in [0.5, 0.6) is 0 Å². The number of aldehydes is 1. The topological polar surface area (TPSA) is 90.9 Å². The highest BCUT2D eigenvalue weighted by Crippen LogP contribution is 2.45. The first-order valence-electron chi connectivity index (χ1n) is 20.3. The van der Waals surface area contributed by atoms with Gasteiger partial charge in [0.2, 0.25) is 0 Å². The third-order valence-corrected chi connectivity index (χ3v) is 13.2. The van der Waals surface area contributed by atoms with Gasteiger partial charge in [-0.1, -0.05) is 103 Å². The Morgan fingerprint density at radius 3 is 2.16 bits per heavy atom. The fourth-order valence-corrected chi connectivity index (χ4v) is 10.1. The summed E-state index contributed by atoms with van der Waals surface area (Å²) < 4.78 is 53.0. The van der Waals surface area contributed by atoms with Crippen molar-refractivity contribution in [2.45, 2.75) is 126 Å². The molecule has 4 aromatic carbocycles. The van der Waals surface area contributed by atoms with Gasteiger partial charge in [0.25, 0.3) is 0 Å². The number of rotatable bonds is 17. The van der Waals surface area contributed by atoms with E-state index in [1.807, 2.05) is 93.7 Å². The number of fused-ring (bicyclic) bond motifs is 2. The average Bonchev–Trinajstić information content (AvgIpc) is 3.21. The summed E-state index contributed by atoms with van der Waals surface area (Å²) in [5.74, 6) is 0. The van der Waals surface area contributed by atoms with Gasteiger partial charge >= 0.3 is 8.56 Å². The Balaban J connectivity index is 1.12. The van der Waals surface area contributed by atoms with Crippen LogP contribution in [0, 0.1) is 0 Å². The highest BCUT2D eigenvalue weighted by Gasteiger charge is 2.57. The van der Waals surface area contributed by atoms with Crippen LogP contribution in [0.4, 0.5) is 0 Å². The van der Waals surface area contributed by atoms with Crippen LogP contribution in [0.1, 0.15) is 56.2 Å². The summed E-state index contributed by atoms with van der Waals surface area (Å²) in [5, 5.41) is 2.32. The fourth-order valence-electron chi connectivity index (χ4n) is 8.40. The lowest BCUT2D eigenvalue weighted by atomic mass is 9.80. The third kappa shape index (κ3) is 10.6. The molecule has 57 heavy (non-hydrogen) atoms. The molecular formula is C47H58O9Si. The molecule has 3 saturated heterocycles. The average molecular weight is 795 g/mol. The Morgan fingerprint density at radius 2 is 1.46 bits per heavy atom. The highest BCUT2D eigenvalue weighted by atomic mass is 28.4. The molecular weight excluding hydrogens is 737 g/mol. The van der Waals surface area contributed by atoms with E-state index in [1.165, 1.54) is 5.39 Å². The first kappa shape index (κ1) is 41.6. The van der Waals surface area contributed by atoms with Crippen molar-refractivity contribution >= 4 is 25.6 Å². The van der Waals surface area contributed by atoms with Crippen molar-refractivity contribution in [3.8, 4) is 0 Å². The maximum Gasteiger partial charge on any atom is 0.332 e. The van der Waals surface area contributed by atoms with E-state index in [4.69, 9.17) is 37.3 Å². The number of benzene rings is 4. The van der Waals surface area contributed by atoms with Crippen molar-refractivity contribution in [3.05, 3.63) is 132 Å². The molecule has 10 heteroatoms. The molecule has 304 valence electrons. The van der Waals surface area contributed by atoms with Gasteiger partial charge in [-0.2, -0.15) is 0 Å². The van der Waals surface area contributed by atoms with Crippen molar-refractivity contribution in [3.63, 3.8) is 0 Å². The molecule has 0 bridgehead atoms. The number of carbonyl (C=O) groups is 1. The lowest BCUT2D eigenvalue weighted by molar-refractivity contribution is -0.294. The van der Waals surface area contributed by atoms with Gasteiger partial charge in [0.15, 0.2) is 0 Å². The number of carbonyl (C=O) groups excluding carboxylic acids is 1. The summed E-state index contributed by atoms with van der Waals surface area (Å²) >= 11 is 0.